The Balaban J connectivity index is 2.05. The Morgan fingerprint density at radius 1 is 1.30 bits per heavy atom. The highest BCUT2D eigenvalue weighted by Crippen LogP contribution is 2.24. The summed E-state index contributed by atoms with van der Waals surface area (Å²) in [7, 11) is 1.54. The molecule has 0 aliphatic rings. The molecule has 0 aliphatic carbocycles. The van der Waals surface area contributed by atoms with Crippen molar-refractivity contribution < 1.29 is 13.9 Å². The molecule has 2 rings (SSSR count). The lowest BCUT2D eigenvalue weighted by molar-refractivity contribution is -0.115. The number of nitrogen functional groups attached to an aromatic ring is 1. The number of hydrogen-bond acceptors (Lipinski definition) is 3. The molecule has 4 nitrogen and oxygen atoms in total. The van der Waals surface area contributed by atoms with Gasteiger partial charge < -0.3 is 15.8 Å². The fourth-order valence-corrected chi connectivity index (χ4v) is 1.81. The molecule has 3 N–H and O–H groups in total. The number of nitrogens with one attached hydrogen (secondary N) is 1. The quantitative estimate of drug-likeness (QED) is 0.842. The fourth-order valence-electron chi connectivity index (χ4n) is 1.81. The van der Waals surface area contributed by atoms with Crippen LogP contribution in [0.15, 0.2) is 42.5 Å². The summed E-state index contributed by atoms with van der Waals surface area (Å²) < 4.78 is 18.1. The molecule has 2 aromatic rings. The molecule has 104 valence electrons. The van der Waals surface area contributed by atoms with E-state index in [9.17, 15) is 9.18 Å². The Kier molecular flexibility index (Phi) is 4.20. The SMILES string of the molecule is COc1ccc(NC(=O)Cc2cccc(F)c2)c(N)c1. The first-order valence-electron chi connectivity index (χ1n) is 6.06. The van der Waals surface area contributed by atoms with Crippen molar-refractivity contribution in [1.82, 2.24) is 0 Å². The number of halogens is 1. The summed E-state index contributed by atoms with van der Waals surface area (Å²) in [5.41, 5.74) is 7.33. The van der Waals surface area contributed by atoms with Crippen LogP contribution in [0.2, 0.25) is 0 Å². The van der Waals surface area contributed by atoms with Gasteiger partial charge in [-0.15, -0.1) is 0 Å². The van der Waals surface area contributed by atoms with Gasteiger partial charge in [-0.1, -0.05) is 12.1 Å². The molecule has 0 fully saturated rings. The van der Waals surface area contributed by atoms with Crippen LogP contribution in [0.5, 0.6) is 5.75 Å². The number of methoxy groups -OCH3 is 1. The molecule has 0 radical (unpaired) electrons. The molecular formula is C15H15FN2O2. The van der Waals surface area contributed by atoms with E-state index >= 15 is 0 Å². The van der Waals surface area contributed by atoms with E-state index in [1.165, 1.54) is 19.2 Å². The molecule has 20 heavy (non-hydrogen) atoms. The van der Waals surface area contributed by atoms with E-state index in [1.807, 2.05) is 0 Å². The minimum Gasteiger partial charge on any atom is -0.497 e. The highest BCUT2D eigenvalue weighted by molar-refractivity contribution is 5.95. The summed E-state index contributed by atoms with van der Waals surface area (Å²) in [6, 6.07) is 10.9. The molecule has 0 unspecified atom stereocenters. The van der Waals surface area contributed by atoms with E-state index in [0.29, 0.717) is 22.7 Å². The third kappa shape index (κ3) is 3.47. The predicted molar refractivity (Wildman–Crippen MR) is 76.1 cm³/mol. The Morgan fingerprint density at radius 2 is 2.10 bits per heavy atom. The largest absolute Gasteiger partial charge is 0.497 e. The van der Waals surface area contributed by atoms with Crippen molar-refractivity contribution in [1.29, 1.82) is 0 Å². The first-order chi connectivity index (χ1) is 9.58. The number of hydrogen-bond donors (Lipinski definition) is 2. The van der Waals surface area contributed by atoms with E-state index in [1.54, 1.807) is 30.3 Å². The standard InChI is InChI=1S/C15H15FN2O2/c1-20-12-5-6-14(13(17)9-12)18-15(19)8-10-3-2-4-11(16)7-10/h2-7,9H,8,17H2,1H3,(H,18,19). The van der Waals surface area contributed by atoms with Crippen molar-refractivity contribution in [2.24, 2.45) is 0 Å². The topological polar surface area (TPSA) is 64.3 Å². The maximum absolute atomic E-state index is 13.0. The number of ether oxygens (including phenoxy) is 1. The molecule has 5 heteroatoms. The van der Waals surface area contributed by atoms with E-state index in [-0.39, 0.29) is 18.1 Å². The van der Waals surface area contributed by atoms with Crippen LogP contribution in [0, 0.1) is 5.82 Å². The van der Waals surface area contributed by atoms with Crippen LogP contribution in [0.25, 0.3) is 0 Å². The van der Waals surface area contributed by atoms with Gasteiger partial charge in [-0.2, -0.15) is 0 Å². The lowest BCUT2D eigenvalue weighted by Gasteiger charge is -2.09. The Labute approximate surface area is 116 Å². The number of rotatable bonds is 4. The van der Waals surface area contributed by atoms with Crippen LogP contribution in [0.3, 0.4) is 0 Å². The highest BCUT2D eigenvalue weighted by Gasteiger charge is 2.07. The van der Waals surface area contributed by atoms with Gasteiger partial charge in [0.15, 0.2) is 0 Å². The van der Waals surface area contributed by atoms with Crippen LogP contribution >= 0.6 is 0 Å². The number of amides is 1. The normalized spacial score (nSPS) is 10.1. The van der Waals surface area contributed by atoms with Crippen LogP contribution < -0.4 is 15.8 Å². The zero-order chi connectivity index (χ0) is 14.5. The third-order valence-electron chi connectivity index (χ3n) is 2.79. The van der Waals surface area contributed by atoms with Gasteiger partial charge in [0.05, 0.1) is 24.9 Å². The van der Waals surface area contributed by atoms with Gasteiger partial charge in [0.2, 0.25) is 5.91 Å². The number of anilines is 2. The molecular weight excluding hydrogens is 259 g/mol. The maximum Gasteiger partial charge on any atom is 0.228 e. The summed E-state index contributed by atoms with van der Waals surface area (Å²) >= 11 is 0. The molecule has 0 aliphatic heterocycles. The van der Waals surface area contributed by atoms with Gasteiger partial charge >= 0.3 is 0 Å². The van der Waals surface area contributed by atoms with Crippen molar-refractivity contribution in [2.75, 3.05) is 18.2 Å². The number of nitrogens with two attached hydrogens (primary N) is 1. The number of carbonyl (C=O) groups is 1. The van der Waals surface area contributed by atoms with Crippen molar-refractivity contribution >= 4 is 17.3 Å². The first kappa shape index (κ1) is 13.9. The number of benzene rings is 2. The molecule has 1 amide bonds. The maximum atomic E-state index is 13.0. The summed E-state index contributed by atoms with van der Waals surface area (Å²) in [6.45, 7) is 0. The first-order valence-corrected chi connectivity index (χ1v) is 6.06. The summed E-state index contributed by atoms with van der Waals surface area (Å²) in [5.74, 6) is -0.00245. The van der Waals surface area contributed by atoms with Gasteiger partial charge in [0.1, 0.15) is 11.6 Å². The second kappa shape index (κ2) is 6.06. The molecule has 2 aromatic carbocycles. The molecule has 0 heterocycles. The zero-order valence-corrected chi connectivity index (χ0v) is 11.0. The average molecular weight is 274 g/mol. The molecule has 0 atom stereocenters. The van der Waals surface area contributed by atoms with Crippen LogP contribution in [0.4, 0.5) is 15.8 Å². The monoisotopic (exact) mass is 274 g/mol. The third-order valence-corrected chi connectivity index (χ3v) is 2.79. The van der Waals surface area contributed by atoms with Gasteiger partial charge in [0.25, 0.3) is 0 Å². The second-order valence-corrected chi connectivity index (χ2v) is 4.31. The Morgan fingerprint density at radius 3 is 2.75 bits per heavy atom. The summed E-state index contributed by atoms with van der Waals surface area (Å²) in [6.07, 6.45) is 0.0865. The smallest absolute Gasteiger partial charge is 0.228 e. The second-order valence-electron chi connectivity index (χ2n) is 4.31. The molecule has 0 aromatic heterocycles. The van der Waals surface area contributed by atoms with Crippen molar-refractivity contribution in [2.45, 2.75) is 6.42 Å². The van der Waals surface area contributed by atoms with E-state index in [0.717, 1.165) is 0 Å². The van der Waals surface area contributed by atoms with E-state index < -0.39 is 0 Å². The Hall–Kier alpha value is -2.56. The average Bonchev–Trinajstić information content (AvgIpc) is 2.41. The van der Waals surface area contributed by atoms with Crippen LogP contribution in [-0.2, 0) is 11.2 Å². The van der Waals surface area contributed by atoms with E-state index in [4.69, 9.17) is 10.5 Å². The molecule has 0 bridgehead atoms. The van der Waals surface area contributed by atoms with Crippen molar-refractivity contribution in [3.8, 4) is 5.75 Å². The minimum absolute atomic E-state index is 0.0865. The lowest BCUT2D eigenvalue weighted by atomic mass is 10.1. The Bertz CT molecular complexity index is 629. The fraction of sp³-hybridized carbons (Fsp3) is 0.133. The highest BCUT2D eigenvalue weighted by atomic mass is 19.1. The minimum atomic E-state index is -0.362. The predicted octanol–water partition coefficient (Wildman–Crippen LogP) is 2.60. The lowest BCUT2D eigenvalue weighted by Crippen LogP contribution is -2.15. The van der Waals surface area contributed by atoms with Gasteiger partial charge in [-0.25, -0.2) is 4.39 Å². The zero-order valence-electron chi connectivity index (χ0n) is 11.0. The van der Waals surface area contributed by atoms with Crippen molar-refractivity contribution in [3.05, 3.63) is 53.8 Å². The van der Waals surface area contributed by atoms with Gasteiger partial charge in [0, 0.05) is 6.07 Å². The van der Waals surface area contributed by atoms with Gasteiger partial charge in [-0.05, 0) is 29.8 Å². The van der Waals surface area contributed by atoms with Gasteiger partial charge in [-0.3, -0.25) is 4.79 Å². The summed E-state index contributed by atoms with van der Waals surface area (Å²) in [5, 5.41) is 2.69. The van der Waals surface area contributed by atoms with E-state index in [2.05, 4.69) is 5.32 Å². The summed E-state index contributed by atoms with van der Waals surface area (Å²) in [4.78, 5) is 11.9. The molecule has 0 saturated heterocycles. The molecule has 0 spiro atoms. The van der Waals surface area contributed by atoms with Crippen LogP contribution in [0.1, 0.15) is 5.56 Å². The van der Waals surface area contributed by atoms with Crippen LogP contribution in [-0.4, -0.2) is 13.0 Å². The number of carbonyl (C=O) groups excluding carboxylic acids is 1. The van der Waals surface area contributed by atoms with Crippen molar-refractivity contribution in [3.63, 3.8) is 0 Å². The molecule has 0 saturated carbocycles.